The number of hydrogen-bond donors (Lipinski definition) is 0. The van der Waals surface area contributed by atoms with E-state index < -0.39 is 0 Å². The fourth-order valence-corrected chi connectivity index (χ4v) is 8.39. The van der Waals surface area contributed by atoms with Gasteiger partial charge >= 0.3 is 0 Å². The second-order valence-electron chi connectivity index (χ2n) is 14.2. The zero-order valence-electron chi connectivity index (χ0n) is 28.2. The van der Waals surface area contributed by atoms with Gasteiger partial charge in [0.1, 0.15) is 11.3 Å². The lowest BCUT2D eigenvalue weighted by atomic mass is 9.80. The van der Waals surface area contributed by atoms with E-state index in [2.05, 4.69) is 168 Å². The summed E-state index contributed by atoms with van der Waals surface area (Å²) in [4.78, 5) is 0. The van der Waals surface area contributed by atoms with E-state index in [1.54, 1.807) is 0 Å². The molecule has 1 heteroatoms. The van der Waals surface area contributed by atoms with Gasteiger partial charge in [-0.25, -0.2) is 0 Å². The van der Waals surface area contributed by atoms with Crippen LogP contribution in [0.15, 0.2) is 132 Å². The highest BCUT2D eigenvalue weighted by atomic mass is 16.3. The van der Waals surface area contributed by atoms with Crippen molar-refractivity contribution in [2.75, 3.05) is 0 Å². The third kappa shape index (κ3) is 4.10. The number of fused-ring (bicyclic) bond motifs is 7. The Kier molecular flexibility index (Phi) is 6.33. The van der Waals surface area contributed by atoms with Crippen LogP contribution in [0.2, 0.25) is 0 Å². The monoisotopic (exact) mass is 618 g/mol. The van der Waals surface area contributed by atoms with E-state index in [4.69, 9.17) is 4.42 Å². The standard InChI is InChI=1S/C47H38O/c1-6-13-38-40-25-31(21-23-43(40)48-46(38)28(2)3)44-34-16-9-11-18-36(34)45(37-19-12-10-17-35(37)44)32-20-22-33-39-24-29-14-7-8-15-30(29)26-42(39)47(4,5)41(33)27-32/h6-28H,1-5H3/b13-6-. The van der Waals surface area contributed by atoms with Crippen molar-refractivity contribution in [3.05, 3.63) is 150 Å². The average Bonchev–Trinajstić information content (AvgIpc) is 3.57. The Morgan fingerprint density at radius 1 is 0.562 bits per heavy atom. The summed E-state index contributed by atoms with van der Waals surface area (Å²) in [5.41, 5.74) is 12.6. The molecule has 1 nitrogen and oxygen atoms in total. The average molecular weight is 619 g/mol. The van der Waals surface area contributed by atoms with Crippen molar-refractivity contribution in [1.82, 2.24) is 0 Å². The van der Waals surface area contributed by atoms with Crippen LogP contribution in [0.3, 0.4) is 0 Å². The molecule has 232 valence electrons. The molecule has 0 amide bonds. The smallest absolute Gasteiger partial charge is 0.134 e. The van der Waals surface area contributed by atoms with E-state index in [0.29, 0.717) is 5.92 Å². The molecule has 0 bridgehead atoms. The predicted molar refractivity (Wildman–Crippen MR) is 206 cm³/mol. The molecule has 0 N–H and O–H groups in total. The van der Waals surface area contributed by atoms with Crippen molar-refractivity contribution in [3.8, 4) is 33.4 Å². The fourth-order valence-electron chi connectivity index (χ4n) is 8.39. The van der Waals surface area contributed by atoms with Crippen molar-refractivity contribution < 1.29 is 4.42 Å². The minimum Gasteiger partial charge on any atom is -0.460 e. The lowest BCUT2D eigenvalue weighted by molar-refractivity contribution is 0.520. The van der Waals surface area contributed by atoms with Crippen LogP contribution in [0, 0.1) is 0 Å². The highest BCUT2D eigenvalue weighted by Crippen LogP contribution is 2.52. The summed E-state index contributed by atoms with van der Waals surface area (Å²) in [6.07, 6.45) is 4.31. The molecule has 1 aliphatic rings. The van der Waals surface area contributed by atoms with Crippen LogP contribution in [-0.4, -0.2) is 0 Å². The molecule has 0 spiro atoms. The van der Waals surface area contributed by atoms with Crippen LogP contribution in [0.25, 0.3) is 82.7 Å². The molecule has 48 heavy (non-hydrogen) atoms. The van der Waals surface area contributed by atoms with Crippen molar-refractivity contribution in [2.45, 2.75) is 46.0 Å². The minimum absolute atomic E-state index is 0.101. The van der Waals surface area contributed by atoms with Gasteiger partial charge in [-0.2, -0.15) is 0 Å². The highest BCUT2D eigenvalue weighted by molar-refractivity contribution is 6.22. The predicted octanol–water partition coefficient (Wildman–Crippen LogP) is 13.7. The van der Waals surface area contributed by atoms with Crippen molar-refractivity contribution >= 4 is 49.4 Å². The summed E-state index contributed by atoms with van der Waals surface area (Å²) >= 11 is 0. The molecule has 9 rings (SSSR count). The second kappa shape index (κ2) is 10.6. The van der Waals surface area contributed by atoms with Crippen LogP contribution in [-0.2, 0) is 5.41 Å². The van der Waals surface area contributed by atoms with Crippen molar-refractivity contribution in [3.63, 3.8) is 0 Å². The van der Waals surface area contributed by atoms with E-state index in [0.717, 1.165) is 11.3 Å². The third-order valence-corrected chi connectivity index (χ3v) is 10.7. The van der Waals surface area contributed by atoms with Crippen LogP contribution in [0.4, 0.5) is 0 Å². The molecule has 1 aliphatic carbocycles. The van der Waals surface area contributed by atoms with Crippen LogP contribution >= 0.6 is 0 Å². The maximum absolute atomic E-state index is 6.40. The molecule has 0 radical (unpaired) electrons. The first-order chi connectivity index (χ1) is 23.3. The topological polar surface area (TPSA) is 13.1 Å². The zero-order chi connectivity index (χ0) is 32.7. The Morgan fingerprint density at radius 3 is 1.71 bits per heavy atom. The van der Waals surface area contributed by atoms with Crippen LogP contribution in [0.5, 0.6) is 0 Å². The van der Waals surface area contributed by atoms with Gasteiger partial charge in [0.2, 0.25) is 0 Å². The summed E-state index contributed by atoms with van der Waals surface area (Å²) in [5, 5.41) is 8.84. The largest absolute Gasteiger partial charge is 0.460 e. The van der Waals surface area contributed by atoms with Gasteiger partial charge in [-0.1, -0.05) is 131 Å². The number of rotatable bonds is 4. The van der Waals surface area contributed by atoms with Gasteiger partial charge in [0.15, 0.2) is 0 Å². The summed E-state index contributed by atoms with van der Waals surface area (Å²) in [6.45, 7) is 11.2. The molecule has 0 atom stereocenters. The Hall–Kier alpha value is -5.40. The molecule has 8 aromatic rings. The molecule has 7 aromatic carbocycles. The molecule has 1 aromatic heterocycles. The Morgan fingerprint density at radius 2 is 1.10 bits per heavy atom. The van der Waals surface area contributed by atoms with Gasteiger partial charge in [0, 0.05) is 22.3 Å². The summed E-state index contributed by atoms with van der Waals surface area (Å²) in [5.74, 6) is 1.34. The number of hydrogen-bond acceptors (Lipinski definition) is 1. The van der Waals surface area contributed by atoms with Crippen LogP contribution in [0.1, 0.15) is 63.0 Å². The van der Waals surface area contributed by atoms with Gasteiger partial charge in [-0.15, -0.1) is 0 Å². The van der Waals surface area contributed by atoms with E-state index in [-0.39, 0.29) is 5.41 Å². The quantitative estimate of drug-likeness (QED) is 0.179. The lowest BCUT2D eigenvalue weighted by Crippen LogP contribution is -2.15. The summed E-state index contributed by atoms with van der Waals surface area (Å²) < 4.78 is 6.40. The Bertz CT molecular complexity index is 2570. The van der Waals surface area contributed by atoms with E-state index >= 15 is 0 Å². The first-order valence-corrected chi connectivity index (χ1v) is 17.2. The van der Waals surface area contributed by atoms with Gasteiger partial charge in [-0.05, 0) is 114 Å². The van der Waals surface area contributed by atoms with Gasteiger partial charge < -0.3 is 4.42 Å². The third-order valence-electron chi connectivity index (χ3n) is 10.7. The van der Waals surface area contributed by atoms with E-state index in [9.17, 15) is 0 Å². The maximum atomic E-state index is 6.40. The fraction of sp³-hybridized carbons (Fsp3) is 0.149. The maximum Gasteiger partial charge on any atom is 0.134 e. The van der Waals surface area contributed by atoms with Gasteiger partial charge in [-0.3, -0.25) is 0 Å². The normalized spacial score (nSPS) is 13.8. The molecular weight excluding hydrogens is 581 g/mol. The Labute approximate surface area is 282 Å². The first kappa shape index (κ1) is 28.8. The summed E-state index contributed by atoms with van der Waals surface area (Å²) in [7, 11) is 0. The first-order valence-electron chi connectivity index (χ1n) is 17.2. The molecule has 0 saturated carbocycles. The number of allylic oxidation sites excluding steroid dienone is 1. The SMILES string of the molecule is C/C=C\c1c(C(C)C)oc2ccc(-c3c4ccccc4c(-c4ccc5c(c4)C(C)(C)c4cc6ccccc6cc4-5)c4ccccc34)cc12. The lowest BCUT2D eigenvalue weighted by Gasteiger charge is -2.23. The van der Waals surface area contributed by atoms with Crippen molar-refractivity contribution in [2.24, 2.45) is 0 Å². The molecule has 0 aliphatic heterocycles. The molecule has 0 unspecified atom stereocenters. The van der Waals surface area contributed by atoms with E-state index in [1.165, 1.54) is 87.8 Å². The Balaban J connectivity index is 1.29. The number of benzene rings is 7. The molecule has 0 fully saturated rings. The number of furan rings is 1. The minimum atomic E-state index is -0.101. The van der Waals surface area contributed by atoms with E-state index in [1.807, 2.05) is 0 Å². The van der Waals surface area contributed by atoms with Crippen molar-refractivity contribution in [1.29, 1.82) is 0 Å². The van der Waals surface area contributed by atoms with Gasteiger partial charge in [0.25, 0.3) is 0 Å². The zero-order valence-corrected chi connectivity index (χ0v) is 28.2. The van der Waals surface area contributed by atoms with Crippen LogP contribution < -0.4 is 0 Å². The second-order valence-corrected chi connectivity index (χ2v) is 14.2. The molecule has 0 saturated heterocycles. The summed E-state index contributed by atoms with van der Waals surface area (Å²) in [6, 6.07) is 45.4. The highest BCUT2D eigenvalue weighted by Gasteiger charge is 2.36. The molecular formula is C47H38O. The van der Waals surface area contributed by atoms with Gasteiger partial charge in [0.05, 0.1) is 0 Å². The molecule has 1 heterocycles.